The van der Waals surface area contributed by atoms with Crippen molar-refractivity contribution in [3.8, 4) is 0 Å². The Morgan fingerprint density at radius 1 is 1.50 bits per heavy atom. The zero-order valence-electron chi connectivity index (χ0n) is 9.55. The minimum atomic E-state index is -0.0698. The topological polar surface area (TPSA) is 32.3 Å². The van der Waals surface area contributed by atoms with E-state index in [-0.39, 0.29) is 11.4 Å². The molecule has 1 heterocycles. The largest absolute Gasteiger partial charge is 0.331 e. The van der Waals surface area contributed by atoms with Crippen LogP contribution in [-0.2, 0) is 4.79 Å². The number of carbonyl (C=O) groups excluding carboxylic acids is 1. The van der Waals surface area contributed by atoms with E-state index in [1.807, 2.05) is 24.8 Å². The summed E-state index contributed by atoms with van der Waals surface area (Å²) >= 11 is 0. The van der Waals surface area contributed by atoms with Gasteiger partial charge in [0.15, 0.2) is 0 Å². The van der Waals surface area contributed by atoms with Gasteiger partial charge in [0.1, 0.15) is 0 Å². The third-order valence-electron chi connectivity index (χ3n) is 2.82. The highest BCUT2D eigenvalue weighted by Gasteiger charge is 2.33. The minimum Gasteiger partial charge on any atom is -0.331 e. The summed E-state index contributed by atoms with van der Waals surface area (Å²) in [4.78, 5) is 13.9. The van der Waals surface area contributed by atoms with Gasteiger partial charge in [-0.3, -0.25) is 4.79 Å². The van der Waals surface area contributed by atoms with E-state index in [4.69, 9.17) is 0 Å². The second-order valence-corrected chi connectivity index (χ2v) is 4.42. The average Bonchev–Trinajstić information content (AvgIpc) is 2.15. The number of amides is 1. The van der Waals surface area contributed by atoms with Crippen LogP contribution in [0.15, 0.2) is 11.6 Å². The van der Waals surface area contributed by atoms with Crippen LogP contribution in [0.3, 0.4) is 0 Å². The summed E-state index contributed by atoms with van der Waals surface area (Å²) in [5, 5.41) is 3.30. The number of hydrogen-bond donors (Lipinski definition) is 1. The van der Waals surface area contributed by atoms with Crippen LogP contribution in [0, 0.1) is 0 Å². The maximum absolute atomic E-state index is 12.0. The van der Waals surface area contributed by atoms with Crippen molar-refractivity contribution in [2.75, 3.05) is 19.6 Å². The Morgan fingerprint density at radius 3 is 2.64 bits per heavy atom. The number of piperazine rings is 1. The van der Waals surface area contributed by atoms with Gasteiger partial charge >= 0.3 is 0 Å². The number of nitrogens with zero attached hydrogens (tertiary/aromatic N) is 1. The number of carbonyl (C=O) groups is 1. The normalized spacial score (nSPS) is 22.3. The highest BCUT2D eigenvalue weighted by molar-refractivity contribution is 5.93. The van der Waals surface area contributed by atoms with E-state index in [9.17, 15) is 4.79 Å². The molecule has 80 valence electrons. The molecule has 0 bridgehead atoms. The van der Waals surface area contributed by atoms with Gasteiger partial charge < -0.3 is 10.2 Å². The Morgan fingerprint density at radius 2 is 2.14 bits per heavy atom. The first-order chi connectivity index (χ1) is 6.49. The molecule has 1 N–H and O–H groups in total. The van der Waals surface area contributed by atoms with Gasteiger partial charge in [0.05, 0.1) is 5.54 Å². The van der Waals surface area contributed by atoms with Crippen LogP contribution < -0.4 is 5.32 Å². The van der Waals surface area contributed by atoms with Gasteiger partial charge in [-0.1, -0.05) is 6.08 Å². The molecular weight excluding hydrogens is 176 g/mol. The van der Waals surface area contributed by atoms with Gasteiger partial charge in [0.25, 0.3) is 0 Å². The van der Waals surface area contributed by atoms with Crippen LogP contribution >= 0.6 is 0 Å². The quantitative estimate of drug-likeness (QED) is 0.638. The third-order valence-corrected chi connectivity index (χ3v) is 2.82. The molecule has 0 radical (unpaired) electrons. The van der Waals surface area contributed by atoms with E-state index in [0.717, 1.165) is 25.2 Å². The predicted molar refractivity (Wildman–Crippen MR) is 58.1 cm³/mol. The van der Waals surface area contributed by atoms with Crippen LogP contribution in [0.1, 0.15) is 27.7 Å². The minimum absolute atomic E-state index is 0.0698. The lowest BCUT2D eigenvalue weighted by atomic mass is 9.99. The monoisotopic (exact) mass is 196 g/mol. The summed E-state index contributed by atoms with van der Waals surface area (Å²) in [7, 11) is 0. The summed E-state index contributed by atoms with van der Waals surface area (Å²) in [5.74, 6) is 0.166. The van der Waals surface area contributed by atoms with Gasteiger partial charge in [-0.15, -0.1) is 0 Å². The maximum Gasteiger partial charge on any atom is 0.249 e. The average molecular weight is 196 g/mol. The molecule has 1 aliphatic heterocycles. The van der Waals surface area contributed by atoms with Crippen molar-refractivity contribution in [1.82, 2.24) is 10.2 Å². The zero-order valence-corrected chi connectivity index (χ0v) is 9.55. The summed E-state index contributed by atoms with van der Waals surface area (Å²) in [6.45, 7) is 10.5. The molecule has 0 unspecified atom stereocenters. The van der Waals surface area contributed by atoms with Crippen LogP contribution in [0.4, 0.5) is 0 Å². The van der Waals surface area contributed by atoms with Crippen LogP contribution in [-0.4, -0.2) is 36.0 Å². The summed E-state index contributed by atoms with van der Waals surface area (Å²) in [5.41, 5.74) is 0.763. The molecule has 0 aromatic rings. The molecule has 3 nitrogen and oxygen atoms in total. The van der Waals surface area contributed by atoms with Gasteiger partial charge in [0, 0.05) is 25.2 Å². The van der Waals surface area contributed by atoms with Crippen molar-refractivity contribution in [3.63, 3.8) is 0 Å². The summed E-state index contributed by atoms with van der Waals surface area (Å²) in [6.07, 6.45) is 1.88. The Labute approximate surface area is 86.2 Å². The van der Waals surface area contributed by atoms with Crippen molar-refractivity contribution >= 4 is 5.91 Å². The smallest absolute Gasteiger partial charge is 0.249 e. The fourth-order valence-corrected chi connectivity index (χ4v) is 1.70. The number of hydrogen-bond acceptors (Lipinski definition) is 2. The van der Waals surface area contributed by atoms with E-state index in [1.54, 1.807) is 0 Å². The van der Waals surface area contributed by atoms with E-state index < -0.39 is 0 Å². The number of rotatable bonds is 1. The first-order valence-electron chi connectivity index (χ1n) is 5.14. The lowest BCUT2D eigenvalue weighted by molar-refractivity contribution is -0.133. The Hall–Kier alpha value is -0.830. The molecule has 1 saturated heterocycles. The summed E-state index contributed by atoms with van der Waals surface area (Å²) in [6, 6.07) is 0. The molecule has 1 amide bonds. The molecule has 0 saturated carbocycles. The second-order valence-electron chi connectivity index (χ2n) is 4.42. The van der Waals surface area contributed by atoms with E-state index in [0.29, 0.717) is 0 Å². The van der Waals surface area contributed by atoms with Crippen molar-refractivity contribution in [1.29, 1.82) is 0 Å². The molecule has 3 heteroatoms. The Bertz CT molecular complexity index is 256. The summed E-state index contributed by atoms with van der Waals surface area (Å²) < 4.78 is 0. The maximum atomic E-state index is 12.0. The van der Waals surface area contributed by atoms with Crippen LogP contribution in [0.5, 0.6) is 0 Å². The molecule has 0 aliphatic carbocycles. The first-order valence-corrected chi connectivity index (χ1v) is 5.14. The lowest BCUT2D eigenvalue weighted by Crippen LogP contribution is -2.60. The highest BCUT2D eigenvalue weighted by atomic mass is 16.2. The molecule has 0 spiro atoms. The molecule has 1 aliphatic rings. The first kappa shape index (κ1) is 11.2. The SMILES string of the molecule is C/C=C(/C)C(=O)N1CCNCC1(C)C. The molecule has 0 atom stereocenters. The van der Waals surface area contributed by atoms with Gasteiger partial charge in [-0.05, 0) is 27.7 Å². The predicted octanol–water partition coefficient (Wildman–Crippen LogP) is 1.16. The van der Waals surface area contributed by atoms with Crippen LogP contribution in [0.2, 0.25) is 0 Å². The third kappa shape index (κ3) is 2.15. The standard InChI is InChI=1S/C11H20N2O/c1-5-9(2)10(14)13-7-6-12-8-11(13,3)4/h5,12H,6-8H2,1-4H3/b9-5-. The van der Waals surface area contributed by atoms with Gasteiger partial charge in [-0.25, -0.2) is 0 Å². The van der Waals surface area contributed by atoms with Gasteiger partial charge in [-0.2, -0.15) is 0 Å². The molecule has 0 aromatic carbocycles. The highest BCUT2D eigenvalue weighted by Crippen LogP contribution is 2.18. The molecule has 0 aromatic heterocycles. The molecule has 1 fully saturated rings. The molecular formula is C11H20N2O. The molecule has 14 heavy (non-hydrogen) atoms. The van der Waals surface area contributed by atoms with E-state index in [2.05, 4.69) is 19.2 Å². The second kappa shape index (κ2) is 4.13. The van der Waals surface area contributed by atoms with Crippen molar-refractivity contribution < 1.29 is 4.79 Å². The van der Waals surface area contributed by atoms with E-state index >= 15 is 0 Å². The number of allylic oxidation sites excluding steroid dienone is 1. The fraction of sp³-hybridized carbons (Fsp3) is 0.727. The van der Waals surface area contributed by atoms with E-state index in [1.165, 1.54) is 0 Å². The molecule has 1 rings (SSSR count). The van der Waals surface area contributed by atoms with Crippen molar-refractivity contribution in [3.05, 3.63) is 11.6 Å². The van der Waals surface area contributed by atoms with Crippen molar-refractivity contribution in [2.24, 2.45) is 0 Å². The Kier molecular flexibility index (Phi) is 3.32. The van der Waals surface area contributed by atoms with Crippen molar-refractivity contribution in [2.45, 2.75) is 33.2 Å². The fourth-order valence-electron chi connectivity index (χ4n) is 1.70. The Balaban J connectivity index is 2.80. The number of nitrogens with one attached hydrogen (secondary N) is 1. The lowest BCUT2D eigenvalue weighted by Gasteiger charge is -2.43. The zero-order chi connectivity index (χ0) is 10.8. The van der Waals surface area contributed by atoms with Crippen LogP contribution in [0.25, 0.3) is 0 Å². The van der Waals surface area contributed by atoms with Gasteiger partial charge in [0.2, 0.25) is 5.91 Å².